The molecule has 1 aliphatic heterocycles. The Kier molecular flexibility index (Phi) is 7.17. The van der Waals surface area contributed by atoms with Crippen LogP contribution < -0.4 is 10.6 Å². The van der Waals surface area contributed by atoms with Gasteiger partial charge in [-0.25, -0.2) is 8.78 Å². The first-order chi connectivity index (χ1) is 11.1. The van der Waals surface area contributed by atoms with E-state index >= 15 is 0 Å². The Hall–Kier alpha value is -1.27. The average Bonchev–Trinajstić information content (AvgIpc) is 2.55. The fraction of sp³-hybridized carbons (Fsp3) is 0.588. The quantitative estimate of drug-likeness (QED) is 0.606. The number of nitrogens with zero attached hydrogens (tertiary/aromatic N) is 1. The van der Waals surface area contributed by atoms with E-state index in [1.54, 1.807) is 0 Å². The molecule has 1 aromatic rings. The molecule has 0 bridgehead atoms. The van der Waals surface area contributed by atoms with Gasteiger partial charge in [-0.1, -0.05) is 13.3 Å². The molecule has 2 N–H and O–H groups in total. The molecule has 1 atom stereocenters. The zero-order valence-electron chi connectivity index (χ0n) is 13.6. The molecule has 0 radical (unpaired) electrons. The Morgan fingerprint density at radius 2 is 2.13 bits per heavy atom. The van der Waals surface area contributed by atoms with Crippen molar-refractivity contribution in [2.24, 2.45) is 0 Å². The molecular weight excluding hydrogens is 316 g/mol. The van der Waals surface area contributed by atoms with Crippen LogP contribution in [-0.2, 0) is 0 Å². The van der Waals surface area contributed by atoms with E-state index in [1.165, 1.54) is 38.3 Å². The highest BCUT2D eigenvalue weighted by molar-refractivity contribution is 7.80. The fourth-order valence-corrected chi connectivity index (χ4v) is 3.27. The van der Waals surface area contributed by atoms with E-state index < -0.39 is 11.6 Å². The molecule has 1 saturated heterocycles. The topological polar surface area (TPSA) is 27.3 Å². The van der Waals surface area contributed by atoms with Gasteiger partial charge in [0.1, 0.15) is 0 Å². The molecule has 1 aromatic carbocycles. The summed E-state index contributed by atoms with van der Waals surface area (Å²) >= 11 is 5.18. The number of halogens is 2. The summed E-state index contributed by atoms with van der Waals surface area (Å²) in [5.74, 6) is -1.74. The minimum Gasteiger partial charge on any atom is -0.362 e. The lowest BCUT2D eigenvalue weighted by Gasteiger charge is -2.35. The summed E-state index contributed by atoms with van der Waals surface area (Å²) in [6.45, 7) is 5.28. The molecule has 0 aliphatic carbocycles. The van der Waals surface area contributed by atoms with Crippen LogP contribution >= 0.6 is 12.2 Å². The maximum absolute atomic E-state index is 13.1. The van der Waals surface area contributed by atoms with Crippen LogP contribution in [0.25, 0.3) is 0 Å². The highest BCUT2D eigenvalue weighted by Gasteiger charge is 2.19. The average molecular weight is 341 g/mol. The number of nitrogens with one attached hydrogen (secondary N) is 2. The molecule has 6 heteroatoms. The van der Waals surface area contributed by atoms with E-state index in [0.29, 0.717) is 10.8 Å². The van der Waals surface area contributed by atoms with Crippen molar-refractivity contribution >= 4 is 23.0 Å². The van der Waals surface area contributed by atoms with E-state index in [9.17, 15) is 8.78 Å². The third-order valence-electron chi connectivity index (χ3n) is 4.31. The van der Waals surface area contributed by atoms with Crippen molar-refractivity contribution in [3.8, 4) is 0 Å². The molecule has 2 rings (SSSR count). The number of benzene rings is 1. The van der Waals surface area contributed by atoms with Crippen LogP contribution in [0.5, 0.6) is 0 Å². The molecular formula is C17H25F2N3S. The van der Waals surface area contributed by atoms with Crippen LogP contribution in [0, 0.1) is 11.6 Å². The maximum atomic E-state index is 13.1. The van der Waals surface area contributed by atoms with E-state index in [4.69, 9.17) is 12.2 Å². The van der Waals surface area contributed by atoms with Crippen molar-refractivity contribution in [2.45, 2.75) is 45.1 Å². The first kappa shape index (κ1) is 18.1. The number of anilines is 1. The van der Waals surface area contributed by atoms with Gasteiger partial charge in [-0.05, 0) is 56.6 Å². The summed E-state index contributed by atoms with van der Waals surface area (Å²) in [7, 11) is 0. The number of thiocarbonyl (C=S) groups is 1. The van der Waals surface area contributed by atoms with Crippen LogP contribution in [-0.4, -0.2) is 35.7 Å². The summed E-state index contributed by atoms with van der Waals surface area (Å²) in [5.41, 5.74) is 0.448. The lowest BCUT2D eigenvalue weighted by molar-refractivity contribution is 0.143. The minimum atomic E-state index is -0.881. The van der Waals surface area contributed by atoms with Gasteiger partial charge < -0.3 is 15.5 Å². The second-order valence-corrected chi connectivity index (χ2v) is 6.37. The summed E-state index contributed by atoms with van der Waals surface area (Å²) in [5, 5.41) is 6.42. The van der Waals surface area contributed by atoms with Crippen molar-refractivity contribution in [3.63, 3.8) is 0 Å². The summed E-state index contributed by atoms with van der Waals surface area (Å²) < 4.78 is 26.0. The van der Waals surface area contributed by atoms with Crippen molar-refractivity contribution in [1.29, 1.82) is 0 Å². The number of rotatable bonds is 6. The molecule has 1 heterocycles. The first-order valence-corrected chi connectivity index (χ1v) is 8.75. The second kappa shape index (κ2) is 9.13. The Bertz CT molecular complexity index is 525. The van der Waals surface area contributed by atoms with Gasteiger partial charge in [0, 0.05) is 30.9 Å². The lowest BCUT2D eigenvalue weighted by Crippen LogP contribution is -2.40. The van der Waals surface area contributed by atoms with Crippen LogP contribution in [0.2, 0.25) is 0 Å². The van der Waals surface area contributed by atoms with Crippen LogP contribution in [0.3, 0.4) is 0 Å². The Balaban J connectivity index is 1.67. The Morgan fingerprint density at radius 1 is 1.30 bits per heavy atom. The molecule has 0 amide bonds. The first-order valence-electron chi connectivity index (χ1n) is 8.34. The number of hydrogen-bond donors (Lipinski definition) is 2. The van der Waals surface area contributed by atoms with E-state index in [2.05, 4.69) is 22.5 Å². The fourth-order valence-electron chi connectivity index (χ4n) is 3.05. The third-order valence-corrected chi connectivity index (χ3v) is 4.55. The SMILES string of the molecule is CC[C@H]1CCCCN1CCCNC(=S)Nc1ccc(F)c(F)c1. The molecule has 0 spiro atoms. The lowest BCUT2D eigenvalue weighted by atomic mass is 10.00. The van der Waals surface area contributed by atoms with Gasteiger partial charge >= 0.3 is 0 Å². The predicted octanol–water partition coefficient (Wildman–Crippen LogP) is 3.91. The van der Waals surface area contributed by atoms with E-state index in [1.807, 2.05) is 0 Å². The molecule has 3 nitrogen and oxygen atoms in total. The molecule has 23 heavy (non-hydrogen) atoms. The van der Waals surface area contributed by atoms with Crippen molar-refractivity contribution in [3.05, 3.63) is 29.8 Å². The van der Waals surface area contributed by atoms with Crippen molar-refractivity contribution in [1.82, 2.24) is 10.2 Å². The standard InChI is InChI=1S/C17H25F2N3S/c1-2-14-6-3-4-10-22(14)11-5-9-20-17(23)21-13-7-8-15(18)16(19)12-13/h7-8,12,14H,2-6,9-11H2,1H3,(H2,20,21,23)/t14-/m0/s1. The Morgan fingerprint density at radius 3 is 2.87 bits per heavy atom. The van der Waals surface area contributed by atoms with Crippen LogP contribution in [0.1, 0.15) is 39.0 Å². The summed E-state index contributed by atoms with van der Waals surface area (Å²) in [6.07, 6.45) is 6.16. The van der Waals surface area contributed by atoms with Gasteiger partial charge in [0.2, 0.25) is 0 Å². The zero-order chi connectivity index (χ0) is 16.7. The zero-order valence-corrected chi connectivity index (χ0v) is 14.4. The van der Waals surface area contributed by atoms with Crippen LogP contribution in [0.15, 0.2) is 18.2 Å². The van der Waals surface area contributed by atoms with Gasteiger partial charge in [-0.3, -0.25) is 0 Å². The van der Waals surface area contributed by atoms with Gasteiger partial charge in [0.15, 0.2) is 16.7 Å². The summed E-state index contributed by atoms with van der Waals surface area (Å²) in [4.78, 5) is 2.57. The largest absolute Gasteiger partial charge is 0.362 e. The van der Waals surface area contributed by atoms with Crippen molar-refractivity contribution < 1.29 is 8.78 Å². The second-order valence-electron chi connectivity index (χ2n) is 5.96. The third kappa shape index (κ3) is 5.70. The number of piperidine rings is 1. The van der Waals surface area contributed by atoms with Gasteiger partial charge in [0.05, 0.1) is 0 Å². The molecule has 0 saturated carbocycles. The maximum Gasteiger partial charge on any atom is 0.170 e. The highest BCUT2D eigenvalue weighted by atomic mass is 32.1. The molecule has 1 fully saturated rings. The molecule has 0 unspecified atom stereocenters. The molecule has 1 aliphatic rings. The van der Waals surface area contributed by atoms with Gasteiger partial charge in [-0.2, -0.15) is 0 Å². The van der Waals surface area contributed by atoms with Gasteiger partial charge in [0.25, 0.3) is 0 Å². The van der Waals surface area contributed by atoms with Crippen LogP contribution in [0.4, 0.5) is 14.5 Å². The van der Waals surface area contributed by atoms with Gasteiger partial charge in [-0.15, -0.1) is 0 Å². The monoisotopic (exact) mass is 341 g/mol. The molecule has 0 aromatic heterocycles. The highest BCUT2D eigenvalue weighted by Crippen LogP contribution is 2.19. The smallest absolute Gasteiger partial charge is 0.170 e. The normalized spacial score (nSPS) is 18.7. The summed E-state index contributed by atoms with van der Waals surface area (Å²) in [6, 6.07) is 4.37. The minimum absolute atomic E-state index is 0.432. The van der Waals surface area contributed by atoms with Crippen molar-refractivity contribution in [2.75, 3.05) is 25.0 Å². The van der Waals surface area contributed by atoms with E-state index in [-0.39, 0.29) is 0 Å². The number of hydrogen-bond acceptors (Lipinski definition) is 2. The Labute approximate surface area is 142 Å². The number of likely N-dealkylation sites (tertiary alicyclic amines) is 1. The predicted molar refractivity (Wildman–Crippen MR) is 94.7 cm³/mol. The molecule has 128 valence electrons. The van der Waals surface area contributed by atoms with E-state index in [0.717, 1.165) is 37.7 Å².